The van der Waals surface area contributed by atoms with Crippen molar-refractivity contribution in [1.29, 1.82) is 0 Å². The van der Waals surface area contributed by atoms with E-state index in [-0.39, 0.29) is 5.91 Å². The van der Waals surface area contributed by atoms with E-state index in [9.17, 15) is 4.79 Å². The number of hydrogen-bond donors (Lipinski definition) is 0. The zero-order valence-corrected chi connectivity index (χ0v) is 17.9. The van der Waals surface area contributed by atoms with Gasteiger partial charge in [-0.05, 0) is 35.9 Å². The molecular formula is C22H18ClN3O3S. The summed E-state index contributed by atoms with van der Waals surface area (Å²) in [6.07, 6.45) is 3.42. The topological polar surface area (TPSA) is 64.6 Å². The van der Waals surface area contributed by atoms with E-state index in [1.54, 1.807) is 61.8 Å². The van der Waals surface area contributed by atoms with Crippen LogP contribution in [0.25, 0.3) is 10.2 Å². The molecule has 2 aromatic carbocycles. The summed E-state index contributed by atoms with van der Waals surface area (Å²) < 4.78 is 11.7. The van der Waals surface area contributed by atoms with Crippen LogP contribution in [0.1, 0.15) is 15.9 Å². The average molecular weight is 440 g/mol. The van der Waals surface area contributed by atoms with E-state index in [0.29, 0.717) is 39.3 Å². The van der Waals surface area contributed by atoms with Crippen molar-refractivity contribution in [1.82, 2.24) is 9.97 Å². The van der Waals surface area contributed by atoms with E-state index in [0.717, 1.165) is 10.3 Å². The lowest BCUT2D eigenvalue weighted by Gasteiger charge is -2.20. The Bertz CT molecular complexity index is 1160. The standard InChI is InChI=1S/C22H18ClN3O3S/c1-28-17-9-10-18(29-2)20-19(17)25-22(30-20)26(13-14-6-5-11-24-12-14)21(27)15-7-3-4-8-16(15)23/h3-12H,13H2,1-2H3. The summed E-state index contributed by atoms with van der Waals surface area (Å²) in [6.45, 7) is 0.294. The Morgan fingerprint density at radius 1 is 1.07 bits per heavy atom. The van der Waals surface area contributed by atoms with E-state index < -0.39 is 0 Å². The van der Waals surface area contributed by atoms with Crippen LogP contribution in [0.3, 0.4) is 0 Å². The van der Waals surface area contributed by atoms with E-state index in [2.05, 4.69) is 4.98 Å². The molecule has 0 unspecified atom stereocenters. The summed E-state index contributed by atoms with van der Waals surface area (Å²) in [5, 5.41) is 0.900. The molecule has 4 rings (SSSR count). The number of anilines is 1. The lowest BCUT2D eigenvalue weighted by molar-refractivity contribution is 0.0985. The average Bonchev–Trinajstić information content (AvgIpc) is 3.22. The number of carbonyl (C=O) groups is 1. The number of ether oxygens (including phenoxy) is 2. The minimum absolute atomic E-state index is 0.249. The second-order valence-corrected chi connectivity index (χ2v) is 7.76. The Balaban J connectivity index is 1.85. The quantitative estimate of drug-likeness (QED) is 0.412. The van der Waals surface area contributed by atoms with Crippen LogP contribution < -0.4 is 14.4 Å². The molecule has 4 aromatic rings. The summed E-state index contributed by atoms with van der Waals surface area (Å²) in [6, 6.07) is 14.3. The molecule has 1 amide bonds. The molecule has 8 heteroatoms. The lowest BCUT2D eigenvalue weighted by Crippen LogP contribution is -2.30. The van der Waals surface area contributed by atoms with Crippen LogP contribution in [0.4, 0.5) is 5.13 Å². The van der Waals surface area contributed by atoms with Crippen LogP contribution in [0.15, 0.2) is 60.9 Å². The summed E-state index contributed by atoms with van der Waals surface area (Å²) in [4.78, 5) is 24.0. The third-order valence-electron chi connectivity index (χ3n) is 4.54. The van der Waals surface area contributed by atoms with Crippen molar-refractivity contribution in [2.45, 2.75) is 6.54 Å². The van der Waals surface area contributed by atoms with Gasteiger partial charge in [0.15, 0.2) is 5.13 Å². The van der Waals surface area contributed by atoms with E-state index in [1.807, 2.05) is 18.2 Å². The minimum Gasteiger partial charge on any atom is -0.495 e. The van der Waals surface area contributed by atoms with Gasteiger partial charge in [-0.25, -0.2) is 4.98 Å². The number of benzene rings is 2. The maximum absolute atomic E-state index is 13.5. The zero-order chi connectivity index (χ0) is 21.1. The van der Waals surface area contributed by atoms with E-state index in [1.165, 1.54) is 11.3 Å². The molecule has 0 N–H and O–H groups in total. The monoisotopic (exact) mass is 439 g/mol. The Morgan fingerprint density at radius 3 is 2.53 bits per heavy atom. The van der Waals surface area contributed by atoms with Gasteiger partial charge in [0.25, 0.3) is 5.91 Å². The number of fused-ring (bicyclic) bond motifs is 1. The number of amides is 1. The van der Waals surface area contributed by atoms with Crippen LogP contribution in [0.2, 0.25) is 5.02 Å². The number of thiazole rings is 1. The van der Waals surface area contributed by atoms with Gasteiger partial charge in [-0.3, -0.25) is 14.7 Å². The van der Waals surface area contributed by atoms with Gasteiger partial charge in [-0.15, -0.1) is 0 Å². The number of carbonyl (C=O) groups excluding carboxylic acids is 1. The van der Waals surface area contributed by atoms with Crippen molar-refractivity contribution in [3.05, 3.63) is 77.1 Å². The molecule has 0 bridgehead atoms. The second-order valence-electron chi connectivity index (χ2n) is 6.38. The van der Waals surface area contributed by atoms with Gasteiger partial charge in [0.1, 0.15) is 21.7 Å². The van der Waals surface area contributed by atoms with Gasteiger partial charge in [-0.1, -0.05) is 41.1 Å². The SMILES string of the molecule is COc1ccc(OC)c2sc(N(Cc3cccnc3)C(=O)c3ccccc3Cl)nc12. The molecule has 0 saturated heterocycles. The number of pyridine rings is 1. The molecule has 0 radical (unpaired) electrons. The van der Waals surface area contributed by atoms with Crippen LogP contribution in [0.5, 0.6) is 11.5 Å². The smallest absolute Gasteiger partial charge is 0.261 e. The Morgan fingerprint density at radius 2 is 1.83 bits per heavy atom. The highest BCUT2D eigenvalue weighted by Gasteiger charge is 2.25. The van der Waals surface area contributed by atoms with Crippen molar-refractivity contribution in [3.63, 3.8) is 0 Å². The highest BCUT2D eigenvalue weighted by Crippen LogP contribution is 2.41. The Labute approximate surface area is 182 Å². The van der Waals surface area contributed by atoms with Crippen molar-refractivity contribution in [2.75, 3.05) is 19.1 Å². The lowest BCUT2D eigenvalue weighted by atomic mass is 10.2. The van der Waals surface area contributed by atoms with E-state index >= 15 is 0 Å². The van der Waals surface area contributed by atoms with Crippen molar-refractivity contribution in [3.8, 4) is 11.5 Å². The fraction of sp³-hybridized carbons (Fsp3) is 0.136. The third kappa shape index (κ3) is 3.81. The molecule has 6 nitrogen and oxygen atoms in total. The fourth-order valence-corrected chi connectivity index (χ4v) is 4.36. The van der Waals surface area contributed by atoms with Crippen LogP contribution in [0, 0.1) is 0 Å². The molecule has 30 heavy (non-hydrogen) atoms. The first-order valence-corrected chi connectivity index (χ1v) is 10.3. The zero-order valence-electron chi connectivity index (χ0n) is 16.3. The Hall–Kier alpha value is -3.16. The highest BCUT2D eigenvalue weighted by molar-refractivity contribution is 7.22. The van der Waals surface area contributed by atoms with Crippen molar-refractivity contribution < 1.29 is 14.3 Å². The number of rotatable bonds is 6. The number of nitrogens with zero attached hydrogens (tertiary/aromatic N) is 3. The number of methoxy groups -OCH3 is 2. The molecule has 0 spiro atoms. The molecular weight excluding hydrogens is 422 g/mol. The van der Waals surface area contributed by atoms with Gasteiger partial charge in [0.2, 0.25) is 0 Å². The summed E-state index contributed by atoms with van der Waals surface area (Å²) in [5.41, 5.74) is 1.91. The molecule has 152 valence electrons. The summed E-state index contributed by atoms with van der Waals surface area (Å²) >= 11 is 7.67. The molecule has 0 saturated carbocycles. The number of hydrogen-bond acceptors (Lipinski definition) is 6. The maximum Gasteiger partial charge on any atom is 0.261 e. The number of halogens is 1. The van der Waals surface area contributed by atoms with Gasteiger partial charge in [0, 0.05) is 12.4 Å². The first kappa shape index (κ1) is 20.1. The summed E-state index contributed by atoms with van der Waals surface area (Å²) in [5.74, 6) is 1.03. The predicted octanol–water partition coefficient (Wildman–Crippen LogP) is 5.21. The Kier molecular flexibility index (Phi) is 5.83. The molecule has 0 aliphatic heterocycles. The van der Waals surface area contributed by atoms with Crippen LogP contribution >= 0.6 is 22.9 Å². The fourth-order valence-electron chi connectivity index (χ4n) is 3.07. The molecule has 0 aliphatic rings. The third-order valence-corrected chi connectivity index (χ3v) is 5.97. The predicted molar refractivity (Wildman–Crippen MR) is 119 cm³/mol. The number of aromatic nitrogens is 2. The first-order valence-electron chi connectivity index (χ1n) is 9.09. The molecule has 0 fully saturated rings. The second kappa shape index (κ2) is 8.69. The largest absolute Gasteiger partial charge is 0.495 e. The molecule has 0 atom stereocenters. The maximum atomic E-state index is 13.5. The molecule has 0 aliphatic carbocycles. The first-order chi connectivity index (χ1) is 14.6. The highest BCUT2D eigenvalue weighted by atomic mass is 35.5. The minimum atomic E-state index is -0.249. The van der Waals surface area contributed by atoms with Gasteiger partial charge in [0.05, 0.1) is 31.4 Å². The van der Waals surface area contributed by atoms with Crippen LogP contribution in [-0.2, 0) is 6.54 Å². The van der Waals surface area contributed by atoms with E-state index in [4.69, 9.17) is 26.1 Å². The van der Waals surface area contributed by atoms with Crippen molar-refractivity contribution >= 4 is 44.2 Å². The van der Waals surface area contributed by atoms with Gasteiger partial charge in [-0.2, -0.15) is 0 Å². The molecule has 2 heterocycles. The molecule has 2 aromatic heterocycles. The van der Waals surface area contributed by atoms with Crippen LogP contribution in [-0.4, -0.2) is 30.1 Å². The van der Waals surface area contributed by atoms with Gasteiger partial charge >= 0.3 is 0 Å². The van der Waals surface area contributed by atoms with Crippen molar-refractivity contribution in [2.24, 2.45) is 0 Å². The van der Waals surface area contributed by atoms with Gasteiger partial charge < -0.3 is 9.47 Å². The normalized spacial score (nSPS) is 10.8. The summed E-state index contributed by atoms with van der Waals surface area (Å²) in [7, 11) is 3.19.